The van der Waals surface area contributed by atoms with Crippen LogP contribution < -0.4 is 5.32 Å². The van der Waals surface area contributed by atoms with E-state index < -0.39 is 0 Å². The van der Waals surface area contributed by atoms with E-state index in [1.807, 2.05) is 11.8 Å². The number of thioether (sulfide) groups is 1. The van der Waals surface area contributed by atoms with Gasteiger partial charge >= 0.3 is 0 Å². The first-order valence-corrected chi connectivity index (χ1v) is 8.30. The van der Waals surface area contributed by atoms with Crippen LogP contribution in [0, 0.1) is 5.82 Å². The van der Waals surface area contributed by atoms with E-state index >= 15 is 0 Å². The van der Waals surface area contributed by atoms with Gasteiger partial charge in [0.05, 0.1) is 18.7 Å². The van der Waals surface area contributed by atoms with Gasteiger partial charge in [-0.05, 0) is 24.6 Å². The number of carbonyl (C=O) groups excluding carboxylic acids is 1. The molecular weight excluding hydrogens is 291 g/mol. The Labute approximate surface area is 128 Å². The van der Waals surface area contributed by atoms with Gasteiger partial charge in [-0.25, -0.2) is 4.39 Å². The van der Waals surface area contributed by atoms with E-state index in [9.17, 15) is 9.18 Å². The third kappa shape index (κ3) is 3.39. The molecule has 1 aromatic carbocycles. The fraction of sp³-hybridized carbons (Fsp3) is 0.533. The molecule has 0 aliphatic carbocycles. The van der Waals surface area contributed by atoms with Crippen molar-refractivity contribution in [3.05, 3.63) is 35.6 Å². The Morgan fingerprint density at radius 1 is 1.38 bits per heavy atom. The van der Waals surface area contributed by atoms with Crippen LogP contribution in [0.25, 0.3) is 0 Å². The summed E-state index contributed by atoms with van der Waals surface area (Å²) in [4.78, 5) is 14.4. The first-order chi connectivity index (χ1) is 10.1. The summed E-state index contributed by atoms with van der Waals surface area (Å²) in [5.74, 6) is 1.54. The number of hydrogen-bond donors (Lipinski definition) is 1. The molecule has 1 amide bonds. The number of hydrogen-bond acceptors (Lipinski definition) is 4. The van der Waals surface area contributed by atoms with Crippen LogP contribution >= 0.6 is 11.8 Å². The van der Waals surface area contributed by atoms with Gasteiger partial charge in [0.2, 0.25) is 5.91 Å². The molecule has 2 fully saturated rings. The first-order valence-electron chi connectivity index (χ1n) is 7.14. The zero-order valence-corrected chi connectivity index (χ0v) is 12.7. The van der Waals surface area contributed by atoms with E-state index in [-0.39, 0.29) is 30.0 Å². The molecule has 2 aliphatic heterocycles. The first kappa shape index (κ1) is 14.8. The Bertz CT molecular complexity index is 505. The molecule has 6 heteroatoms. The summed E-state index contributed by atoms with van der Waals surface area (Å²) in [5, 5.41) is 3.21. The Hall–Kier alpha value is -1.11. The summed E-state index contributed by atoms with van der Waals surface area (Å²) in [6.07, 6.45) is -0.209. The van der Waals surface area contributed by atoms with Crippen LogP contribution in [0.3, 0.4) is 0 Å². The molecule has 1 aromatic rings. The standard InChI is InChI=1S/C15H19FN2O2S/c1-10-6-18(15(19)13-8-21-9-17-13)7-14(20-10)11-2-4-12(16)5-3-11/h2-5,10,13-14,17H,6-9H2,1H3. The monoisotopic (exact) mass is 310 g/mol. The van der Waals surface area contributed by atoms with E-state index in [2.05, 4.69) is 5.32 Å². The molecule has 0 bridgehead atoms. The Morgan fingerprint density at radius 2 is 2.14 bits per heavy atom. The molecule has 3 unspecified atom stereocenters. The van der Waals surface area contributed by atoms with Crippen LogP contribution in [-0.4, -0.2) is 47.7 Å². The van der Waals surface area contributed by atoms with Crippen molar-refractivity contribution in [1.29, 1.82) is 0 Å². The van der Waals surface area contributed by atoms with E-state index in [1.54, 1.807) is 23.9 Å². The molecule has 21 heavy (non-hydrogen) atoms. The second kappa shape index (κ2) is 6.34. The van der Waals surface area contributed by atoms with Crippen molar-refractivity contribution in [3.8, 4) is 0 Å². The smallest absolute Gasteiger partial charge is 0.240 e. The zero-order chi connectivity index (χ0) is 14.8. The maximum absolute atomic E-state index is 13.0. The molecule has 3 rings (SSSR count). The Balaban J connectivity index is 1.71. The minimum atomic E-state index is -0.261. The van der Waals surface area contributed by atoms with Crippen LogP contribution in [0.15, 0.2) is 24.3 Å². The van der Waals surface area contributed by atoms with Crippen molar-refractivity contribution in [3.63, 3.8) is 0 Å². The highest BCUT2D eigenvalue weighted by molar-refractivity contribution is 7.99. The van der Waals surface area contributed by atoms with Crippen LogP contribution in [0.2, 0.25) is 0 Å². The lowest BCUT2D eigenvalue weighted by Crippen LogP contribution is -2.52. The fourth-order valence-electron chi connectivity index (χ4n) is 2.77. The predicted octanol–water partition coefficient (Wildman–Crippen LogP) is 1.78. The topological polar surface area (TPSA) is 41.6 Å². The minimum absolute atomic E-state index is 0.0215. The minimum Gasteiger partial charge on any atom is -0.367 e. The quantitative estimate of drug-likeness (QED) is 0.904. The SMILES string of the molecule is CC1CN(C(=O)C2CSCN2)CC(c2ccc(F)cc2)O1. The number of carbonyl (C=O) groups is 1. The molecular formula is C15H19FN2O2S. The molecule has 0 radical (unpaired) electrons. The number of rotatable bonds is 2. The Morgan fingerprint density at radius 3 is 2.81 bits per heavy atom. The van der Waals surface area contributed by atoms with E-state index in [1.165, 1.54) is 12.1 Å². The van der Waals surface area contributed by atoms with Crippen molar-refractivity contribution in [2.45, 2.75) is 25.2 Å². The maximum atomic E-state index is 13.0. The molecule has 4 nitrogen and oxygen atoms in total. The average Bonchev–Trinajstić information content (AvgIpc) is 3.00. The van der Waals surface area contributed by atoms with Gasteiger partial charge in [0.1, 0.15) is 11.9 Å². The number of nitrogens with zero attached hydrogens (tertiary/aromatic N) is 1. The summed E-state index contributed by atoms with van der Waals surface area (Å²) < 4.78 is 18.9. The summed E-state index contributed by atoms with van der Waals surface area (Å²) in [7, 11) is 0. The van der Waals surface area contributed by atoms with Gasteiger partial charge in [0, 0.05) is 18.2 Å². The number of ether oxygens (including phenoxy) is 1. The van der Waals surface area contributed by atoms with Gasteiger partial charge < -0.3 is 9.64 Å². The second-order valence-corrected chi connectivity index (χ2v) is 6.53. The Kier molecular flexibility index (Phi) is 4.47. The van der Waals surface area contributed by atoms with Crippen molar-refractivity contribution < 1.29 is 13.9 Å². The highest BCUT2D eigenvalue weighted by Gasteiger charge is 2.33. The molecule has 3 atom stereocenters. The number of halogens is 1. The molecule has 0 aromatic heterocycles. The van der Waals surface area contributed by atoms with Gasteiger partial charge in [-0.2, -0.15) is 0 Å². The van der Waals surface area contributed by atoms with Crippen LogP contribution in [-0.2, 0) is 9.53 Å². The average molecular weight is 310 g/mol. The third-order valence-electron chi connectivity index (χ3n) is 3.83. The third-order valence-corrected chi connectivity index (χ3v) is 4.77. The van der Waals surface area contributed by atoms with Crippen LogP contribution in [0.5, 0.6) is 0 Å². The number of amides is 1. The summed E-state index contributed by atoms with van der Waals surface area (Å²) in [6, 6.07) is 6.22. The van der Waals surface area contributed by atoms with Gasteiger partial charge in [-0.15, -0.1) is 11.8 Å². The van der Waals surface area contributed by atoms with Gasteiger partial charge in [-0.3, -0.25) is 10.1 Å². The maximum Gasteiger partial charge on any atom is 0.240 e. The normalized spacial score (nSPS) is 29.6. The zero-order valence-electron chi connectivity index (χ0n) is 11.9. The van der Waals surface area contributed by atoms with Crippen molar-refractivity contribution in [2.75, 3.05) is 24.7 Å². The second-order valence-electron chi connectivity index (χ2n) is 5.50. The lowest BCUT2D eigenvalue weighted by Gasteiger charge is -2.38. The predicted molar refractivity (Wildman–Crippen MR) is 80.5 cm³/mol. The largest absolute Gasteiger partial charge is 0.367 e. The van der Waals surface area contributed by atoms with E-state index in [0.717, 1.165) is 17.2 Å². The van der Waals surface area contributed by atoms with Gasteiger partial charge in [0.25, 0.3) is 0 Å². The molecule has 1 N–H and O–H groups in total. The van der Waals surface area contributed by atoms with E-state index in [0.29, 0.717) is 13.1 Å². The summed E-state index contributed by atoms with van der Waals surface area (Å²) in [6.45, 7) is 3.10. The van der Waals surface area contributed by atoms with Crippen LogP contribution in [0.1, 0.15) is 18.6 Å². The molecule has 2 saturated heterocycles. The summed E-state index contributed by atoms with van der Waals surface area (Å²) >= 11 is 1.74. The molecule has 0 spiro atoms. The van der Waals surface area contributed by atoms with Crippen molar-refractivity contribution >= 4 is 17.7 Å². The van der Waals surface area contributed by atoms with Gasteiger partial charge in [-0.1, -0.05) is 12.1 Å². The van der Waals surface area contributed by atoms with E-state index in [4.69, 9.17) is 4.74 Å². The van der Waals surface area contributed by atoms with Crippen molar-refractivity contribution in [2.24, 2.45) is 0 Å². The molecule has 114 valence electrons. The number of nitrogens with one attached hydrogen (secondary N) is 1. The molecule has 2 heterocycles. The molecule has 2 aliphatic rings. The fourth-order valence-corrected chi connectivity index (χ4v) is 3.70. The summed E-state index contributed by atoms with van der Waals surface area (Å²) in [5.41, 5.74) is 0.912. The molecule has 0 saturated carbocycles. The number of morpholine rings is 1. The van der Waals surface area contributed by atoms with Crippen LogP contribution in [0.4, 0.5) is 4.39 Å². The van der Waals surface area contributed by atoms with Crippen molar-refractivity contribution in [1.82, 2.24) is 10.2 Å². The lowest BCUT2D eigenvalue weighted by atomic mass is 10.1. The highest BCUT2D eigenvalue weighted by atomic mass is 32.2. The van der Waals surface area contributed by atoms with Gasteiger partial charge in [0.15, 0.2) is 0 Å². The highest BCUT2D eigenvalue weighted by Crippen LogP contribution is 2.26. The number of benzene rings is 1. The lowest BCUT2D eigenvalue weighted by molar-refractivity contribution is -0.146.